The van der Waals surface area contributed by atoms with Crippen molar-refractivity contribution >= 4 is 17.5 Å². The number of anilines is 1. The number of hydrogen-bond donors (Lipinski definition) is 0. The van der Waals surface area contributed by atoms with Crippen molar-refractivity contribution in [2.24, 2.45) is 29.1 Å². The maximum absolute atomic E-state index is 13.0. The molecule has 1 heterocycles. The van der Waals surface area contributed by atoms with Crippen LogP contribution in [0.3, 0.4) is 0 Å². The lowest BCUT2D eigenvalue weighted by molar-refractivity contribution is -0.123. The first-order chi connectivity index (χ1) is 10.7. The second-order valence-electron chi connectivity index (χ2n) is 6.90. The first-order valence-corrected chi connectivity index (χ1v) is 7.88. The first kappa shape index (κ1) is 12.4. The molecule has 1 aliphatic heterocycles. The van der Waals surface area contributed by atoms with Crippen LogP contribution in [0.15, 0.2) is 36.4 Å². The number of rotatable bonds is 2. The van der Waals surface area contributed by atoms with Crippen LogP contribution in [-0.2, 0) is 9.59 Å². The average molecular weight is 295 g/mol. The van der Waals surface area contributed by atoms with E-state index >= 15 is 0 Å². The summed E-state index contributed by atoms with van der Waals surface area (Å²) in [7, 11) is 1.56. The first-order valence-electron chi connectivity index (χ1n) is 7.88. The van der Waals surface area contributed by atoms with Crippen LogP contribution in [0.25, 0.3) is 0 Å². The molecule has 1 spiro atoms. The number of allylic oxidation sites excluding steroid dienone is 2. The fraction of sp³-hybridized carbons (Fsp3) is 0.444. The maximum Gasteiger partial charge on any atom is 0.238 e. The minimum Gasteiger partial charge on any atom is -0.495 e. The van der Waals surface area contributed by atoms with Crippen LogP contribution in [0, 0.1) is 29.1 Å². The molecular formula is C18H17NO3. The molecule has 0 N–H and O–H groups in total. The smallest absolute Gasteiger partial charge is 0.238 e. The summed E-state index contributed by atoms with van der Waals surface area (Å²) in [6, 6.07) is 7.26. The molecule has 0 aromatic heterocycles. The van der Waals surface area contributed by atoms with E-state index in [1.165, 1.54) is 4.90 Å². The summed E-state index contributed by atoms with van der Waals surface area (Å²) in [5.41, 5.74) is 0.826. The van der Waals surface area contributed by atoms with E-state index in [9.17, 15) is 9.59 Å². The van der Waals surface area contributed by atoms with Crippen molar-refractivity contribution in [2.45, 2.75) is 12.8 Å². The van der Waals surface area contributed by atoms with E-state index in [1.807, 2.05) is 12.1 Å². The fourth-order valence-electron chi connectivity index (χ4n) is 5.13. The number of hydrogen-bond acceptors (Lipinski definition) is 3. The van der Waals surface area contributed by atoms with Gasteiger partial charge in [-0.15, -0.1) is 0 Å². The standard InChI is InChI=1S/C18H17NO3/c1-22-13-5-3-2-4-12(13)19-16(20)14-10-6-7-11(15(14)17(19)21)18(10)8-9-18/h2-7,10-11,14-15H,8-9H2,1H3/t10-,11-,14-,15+/m1/s1. The number of ether oxygens (including phenoxy) is 1. The Bertz CT molecular complexity index is 700. The van der Waals surface area contributed by atoms with Crippen molar-refractivity contribution in [3.8, 4) is 5.75 Å². The molecule has 0 unspecified atom stereocenters. The van der Waals surface area contributed by atoms with E-state index in [0.29, 0.717) is 11.4 Å². The van der Waals surface area contributed by atoms with Gasteiger partial charge in [0.15, 0.2) is 0 Å². The molecule has 22 heavy (non-hydrogen) atoms. The summed E-state index contributed by atoms with van der Waals surface area (Å²) < 4.78 is 5.34. The topological polar surface area (TPSA) is 46.6 Å². The van der Waals surface area contributed by atoms with Gasteiger partial charge in [0, 0.05) is 0 Å². The van der Waals surface area contributed by atoms with Crippen molar-refractivity contribution in [3.05, 3.63) is 36.4 Å². The predicted molar refractivity (Wildman–Crippen MR) is 80.3 cm³/mol. The summed E-state index contributed by atoms with van der Waals surface area (Å²) >= 11 is 0. The molecule has 4 aliphatic rings. The highest BCUT2D eigenvalue weighted by molar-refractivity contribution is 6.23. The van der Waals surface area contributed by atoms with Gasteiger partial charge >= 0.3 is 0 Å². The molecular weight excluding hydrogens is 278 g/mol. The zero-order valence-electron chi connectivity index (χ0n) is 12.4. The van der Waals surface area contributed by atoms with E-state index in [-0.39, 0.29) is 40.9 Å². The molecule has 1 aromatic carbocycles. The summed E-state index contributed by atoms with van der Waals surface area (Å²) in [4.78, 5) is 27.3. The highest BCUT2D eigenvalue weighted by atomic mass is 16.5. The predicted octanol–water partition coefficient (Wildman–Crippen LogP) is 2.40. The molecule has 2 saturated carbocycles. The second kappa shape index (κ2) is 3.80. The molecule has 4 atom stereocenters. The molecule has 4 nitrogen and oxygen atoms in total. The number of para-hydroxylation sites is 2. The quantitative estimate of drug-likeness (QED) is 0.622. The Hall–Kier alpha value is -2.10. The van der Waals surface area contributed by atoms with Crippen molar-refractivity contribution in [2.75, 3.05) is 12.0 Å². The van der Waals surface area contributed by atoms with Gasteiger partial charge in [0.05, 0.1) is 24.6 Å². The number of nitrogens with zero attached hydrogens (tertiary/aromatic N) is 1. The van der Waals surface area contributed by atoms with Crippen LogP contribution < -0.4 is 9.64 Å². The molecule has 112 valence electrons. The van der Waals surface area contributed by atoms with Crippen LogP contribution in [-0.4, -0.2) is 18.9 Å². The molecule has 1 saturated heterocycles. The number of methoxy groups -OCH3 is 1. The van der Waals surface area contributed by atoms with E-state index in [1.54, 1.807) is 19.2 Å². The summed E-state index contributed by atoms with van der Waals surface area (Å²) in [6.07, 6.45) is 6.71. The Morgan fingerprint density at radius 3 is 2.18 bits per heavy atom. The van der Waals surface area contributed by atoms with Gasteiger partial charge < -0.3 is 4.74 Å². The third-order valence-corrected chi connectivity index (χ3v) is 6.18. The van der Waals surface area contributed by atoms with Gasteiger partial charge in [-0.05, 0) is 42.2 Å². The maximum atomic E-state index is 13.0. The van der Waals surface area contributed by atoms with Crippen LogP contribution in [0.1, 0.15) is 12.8 Å². The molecule has 5 rings (SSSR count). The van der Waals surface area contributed by atoms with Gasteiger partial charge in [0.1, 0.15) is 5.75 Å². The van der Waals surface area contributed by atoms with E-state index in [0.717, 1.165) is 12.8 Å². The highest BCUT2D eigenvalue weighted by Gasteiger charge is 2.73. The number of carbonyl (C=O) groups excluding carboxylic acids is 2. The highest BCUT2D eigenvalue weighted by Crippen LogP contribution is 2.73. The normalized spacial score (nSPS) is 36.3. The second-order valence-corrected chi connectivity index (χ2v) is 6.90. The minimum atomic E-state index is -0.157. The Balaban J connectivity index is 1.59. The van der Waals surface area contributed by atoms with E-state index < -0.39 is 0 Å². The van der Waals surface area contributed by atoms with Crippen LogP contribution in [0.5, 0.6) is 5.75 Å². The zero-order valence-corrected chi connectivity index (χ0v) is 12.4. The average Bonchev–Trinajstić information content (AvgIpc) is 3.13. The van der Waals surface area contributed by atoms with Gasteiger partial charge in [0.2, 0.25) is 11.8 Å². The van der Waals surface area contributed by atoms with E-state index in [2.05, 4.69) is 12.2 Å². The minimum absolute atomic E-state index is 0.0392. The zero-order chi connectivity index (χ0) is 15.1. The van der Waals surface area contributed by atoms with Gasteiger partial charge in [-0.3, -0.25) is 9.59 Å². The Morgan fingerprint density at radius 2 is 1.64 bits per heavy atom. The number of imide groups is 1. The molecule has 2 bridgehead atoms. The third kappa shape index (κ3) is 1.21. The fourth-order valence-corrected chi connectivity index (χ4v) is 5.13. The lowest BCUT2D eigenvalue weighted by Crippen LogP contribution is -2.35. The molecule has 1 aromatic rings. The van der Waals surface area contributed by atoms with Gasteiger partial charge in [-0.1, -0.05) is 24.3 Å². The van der Waals surface area contributed by atoms with Gasteiger partial charge in [-0.2, -0.15) is 0 Å². The summed E-state index contributed by atoms with van der Waals surface area (Å²) in [5, 5.41) is 0. The summed E-state index contributed by atoms with van der Waals surface area (Å²) in [6.45, 7) is 0. The number of amides is 2. The van der Waals surface area contributed by atoms with Crippen molar-refractivity contribution in [3.63, 3.8) is 0 Å². The van der Waals surface area contributed by atoms with Crippen molar-refractivity contribution in [1.29, 1.82) is 0 Å². The Labute approximate surface area is 128 Å². The number of carbonyl (C=O) groups is 2. The van der Waals surface area contributed by atoms with Crippen LogP contribution in [0.4, 0.5) is 5.69 Å². The largest absolute Gasteiger partial charge is 0.495 e. The Kier molecular flexibility index (Phi) is 2.15. The third-order valence-electron chi connectivity index (χ3n) is 6.18. The lowest BCUT2D eigenvalue weighted by Gasteiger charge is -2.22. The van der Waals surface area contributed by atoms with Crippen molar-refractivity contribution in [1.82, 2.24) is 0 Å². The SMILES string of the molecule is COc1ccccc1N1C(=O)[C@@H]2[C@H](C1=O)[C@H]1C=C[C@H]2C12CC2. The van der Waals surface area contributed by atoms with Crippen molar-refractivity contribution < 1.29 is 14.3 Å². The molecule has 4 heteroatoms. The summed E-state index contributed by atoms with van der Waals surface area (Å²) in [5.74, 6) is 0.706. The van der Waals surface area contributed by atoms with Crippen LogP contribution >= 0.6 is 0 Å². The van der Waals surface area contributed by atoms with Crippen LogP contribution in [0.2, 0.25) is 0 Å². The number of benzene rings is 1. The Morgan fingerprint density at radius 1 is 1.05 bits per heavy atom. The van der Waals surface area contributed by atoms with Gasteiger partial charge in [-0.25, -0.2) is 4.90 Å². The monoisotopic (exact) mass is 295 g/mol. The molecule has 2 amide bonds. The van der Waals surface area contributed by atoms with Gasteiger partial charge in [0.25, 0.3) is 0 Å². The van der Waals surface area contributed by atoms with E-state index in [4.69, 9.17) is 4.74 Å². The molecule has 0 radical (unpaired) electrons. The lowest BCUT2D eigenvalue weighted by atomic mass is 9.85. The molecule has 3 fully saturated rings. The molecule has 3 aliphatic carbocycles. The number of fused-ring (bicyclic) bond motifs is 3.